The van der Waals surface area contributed by atoms with E-state index < -0.39 is 0 Å². The van der Waals surface area contributed by atoms with Crippen LogP contribution in [0, 0.1) is 0 Å². The van der Waals surface area contributed by atoms with Crippen molar-refractivity contribution in [1.29, 1.82) is 0 Å². The van der Waals surface area contributed by atoms with Crippen LogP contribution in [0.2, 0.25) is 0 Å². The maximum Gasteiger partial charge on any atom is 0.317 e. The second-order valence-corrected chi connectivity index (χ2v) is 8.62. The summed E-state index contributed by atoms with van der Waals surface area (Å²) in [4.78, 5) is 18.8. The van der Waals surface area contributed by atoms with Crippen LogP contribution < -0.4 is 10.6 Å². The largest absolute Gasteiger partial charge is 0.335 e. The number of urea groups is 1. The summed E-state index contributed by atoms with van der Waals surface area (Å²) in [6.45, 7) is 10.3. The van der Waals surface area contributed by atoms with Gasteiger partial charge in [0.15, 0.2) is 0 Å². The van der Waals surface area contributed by atoms with Gasteiger partial charge in [-0.3, -0.25) is 4.98 Å². The fourth-order valence-corrected chi connectivity index (χ4v) is 4.38. The van der Waals surface area contributed by atoms with Gasteiger partial charge >= 0.3 is 6.03 Å². The second-order valence-electron chi connectivity index (χ2n) is 8.62. The van der Waals surface area contributed by atoms with Crippen LogP contribution >= 0.6 is 0 Å². The van der Waals surface area contributed by atoms with E-state index in [1.54, 1.807) is 12.4 Å². The van der Waals surface area contributed by atoms with Gasteiger partial charge in [0.25, 0.3) is 0 Å². The van der Waals surface area contributed by atoms with Crippen LogP contribution in [0.5, 0.6) is 0 Å². The minimum Gasteiger partial charge on any atom is -0.335 e. The van der Waals surface area contributed by atoms with E-state index in [0.29, 0.717) is 6.54 Å². The molecule has 1 saturated heterocycles. The first-order chi connectivity index (χ1) is 11.7. The number of hydrogen-bond acceptors (Lipinski definition) is 3. The highest BCUT2D eigenvalue weighted by molar-refractivity contribution is 5.79. The van der Waals surface area contributed by atoms with Crippen LogP contribution in [0.25, 0.3) is 5.57 Å². The Balaban J connectivity index is 1.63. The predicted molar refractivity (Wildman–Crippen MR) is 101 cm³/mol. The van der Waals surface area contributed by atoms with Crippen LogP contribution in [0.15, 0.2) is 30.6 Å². The molecular weight excluding hydrogens is 312 g/mol. The van der Waals surface area contributed by atoms with Crippen LogP contribution in [0.1, 0.15) is 52.5 Å². The van der Waals surface area contributed by atoms with E-state index in [1.807, 2.05) is 17.0 Å². The molecule has 2 amide bonds. The summed E-state index contributed by atoms with van der Waals surface area (Å²) in [6, 6.07) is 4.27. The monoisotopic (exact) mass is 342 g/mol. The lowest BCUT2D eigenvalue weighted by atomic mass is 9.79. The Labute approximate surface area is 150 Å². The first kappa shape index (κ1) is 17.9. The molecule has 3 heterocycles. The van der Waals surface area contributed by atoms with E-state index in [2.05, 4.69) is 49.4 Å². The zero-order valence-electron chi connectivity index (χ0n) is 15.8. The quantitative estimate of drug-likeness (QED) is 0.868. The van der Waals surface area contributed by atoms with Crippen molar-refractivity contribution < 1.29 is 4.79 Å². The zero-order chi connectivity index (χ0) is 18.1. The van der Waals surface area contributed by atoms with Gasteiger partial charge in [-0.05, 0) is 70.2 Å². The highest BCUT2D eigenvalue weighted by atomic mass is 16.2. The van der Waals surface area contributed by atoms with Gasteiger partial charge in [0.05, 0.1) is 0 Å². The van der Waals surface area contributed by atoms with E-state index >= 15 is 0 Å². The van der Waals surface area contributed by atoms with Crippen molar-refractivity contribution in [3.05, 3.63) is 36.2 Å². The standard InChI is InChI=1S/C20H30N4O/c1-19(2)12-17(13-20(3,4)23-19)22-18(25)24-11-5-6-16(14-24)15-7-9-21-10-8-15/h6-10,17,23H,5,11-14H2,1-4H3,(H,22,25). The highest BCUT2D eigenvalue weighted by Crippen LogP contribution is 2.29. The second kappa shape index (κ2) is 6.79. The molecule has 0 unspecified atom stereocenters. The lowest BCUT2D eigenvalue weighted by Gasteiger charge is -2.47. The molecule has 1 aromatic heterocycles. The van der Waals surface area contributed by atoms with Gasteiger partial charge in [-0.25, -0.2) is 4.79 Å². The van der Waals surface area contributed by atoms with Gasteiger partial charge in [-0.15, -0.1) is 0 Å². The number of rotatable bonds is 2. The number of hydrogen-bond donors (Lipinski definition) is 2. The molecule has 0 radical (unpaired) electrons. The molecule has 3 rings (SSSR count). The lowest BCUT2D eigenvalue weighted by molar-refractivity contribution is 0.140. The van der Waals surface area contributed by atoms with E-state index in [0.717, 1.165) is 31.4 Å². The van der Waals surface area contributed by atoms with Crippen molar-refractivity contribution in [3.63, 3.8) is 0 Å². The molecule has 0 saturated carbocycles. The molecule has 5 heteroatoms. The Bertz CT molecular complexity index is 635. The number of pyridine rings is 1. The van der Waals surface area contributed by atoms with Crippen molar-refractivity contribution in [3.8, 4) is 0 Å². The van der Waals surface area contributed by atoms with E-state index in [4.69, 9.17) is 0 Å². The molecule has 2 N–H and O–H groups in total. The van der Waals surface area contributed by atoms with Gasteiger partial charge in [-0.2, -0.15) is 0 Å². The molecular formula is C20H30N4O. The van der Waals surface area contributed by atoms with Crippen molar-refractivity contribution in [1.82, 2.24) is 20.5 Å². The Morgan fingerprint density at radius 3 is 2.48 bits per heavy atom. The number of amides is 2. The van der Waals surface area contributed by atoms with Crippen LogP contribution in [0.4, 0.5) is 4.79 Å². The number of nitrogens with zero attached hydrogens (tertiary/aromatic N) is 2. The number of carbonyl (C=O) groups excluding carboxylic acids is 1. The predicted octanol–water partition coefficient (Wildman–Crippen LogP) is 3.19. The topological polar surface area (TPSA) is 57.3 Å². The highest BCUT2D eigenvalue weighted by Gasteiger charge is 2.38. The normalized spacial score (nSPS) is 23.0. The molecule has 136 valence electrons. The van der Waals surface area contributed by atoms with Crippen molar-refractivity contribution in [2.75, 3.05) is 13.1 Å². The number of aromatic nitrogens is 1. The Morgan fingerprint density at radius 2 is 1.84 bits per heavy atom. The zero-order valence-corrected chi connectivity index (χ0v) is 15.8. The molecule has 0 aliphatic carbocycles. The molecule has 0 bridgehead atoms. The summed E-state index contributed by atoms with van der Waals surface area (Å²) < 4.78 is 0. The third kappa shape index (κ3) is 4.60. The summed E-state index contributed by atoms with van der Waals surface area (Å²) in [5.41, 5.74) is 2.42. The molecule has 5 nitrogen and oxygen atoms in total. The van der Waals surface area contributed by atoms with Crippen molar-refractivity contribution >= 4 is 11.6 Å². The summed E-state index contributed by atoms with van der Waals surface area (Å²) in [5, 5.41) is 6.94. The molecule has 0 spiro atoms. The Morgan fingerprint density at radius 1 is 1.20 bits per heavy atom. The number of nitrogens with one attached hydrogen (secondary N) is 2. The van der Waals surface area contributed by atoms with Gasteiger partial charge in [0.2, 0.25) is 0 Å². The van der Waals surface area contributed by atoms with Crippen molar-refractivity contribution in [2.24, 2.45) is 0 Å². The van der Waals surface area contributed by atoms with Gasteiger partial charge in [0.1, 0.15) is 0 Å². The molecule has 0 atom stereocenters. The molecule has 2 aliphatic rings. The summed E-state index contributed by atoms with van der Waals surface area (Å²) in [7, 11) is 0. The van der Waals surface area contributed by atoms with Gasteiger partial charge in [-0.1, -0.05) is 6.08 Å². The minimum absolute atomic E-state index is 0.0314. The number of piperidine rings is 1. The fraction of sp³-hybridized carbons (Fsp3) is 0.600. The maximum absolute atomic E-state index is 12.8. The molecule has 2 aliphatic heterocycles. The summed E-state index contributed by atoms with van der Waals surface area (Å²) in [6.07, 6.45) is 8.62. The average molecular weight is 342 g/mol. The lowest BCUT2D eigenvalue weighted by Crippen LogP contribution is -2.63. The maximum atomic E-state index is 12.8. The smallest absolute Gasteiger partial charge is 0.317 e. The summed E-state index contributed by atoms with van der Waals surface area (Å²) in [5.74, 6) is 0. The van der Waals surface area contributed by atoms with Crippen LogP contribution in [0.3, 0.4) is 0 Å². The third-order valence-electron chi connectivity index (χ3n) is 5.01. The minimum atomic E-state index is 0.0314. The Kier molecular flexibility index (Phi) is 4.87. The Hall–Kier alpha value is -1.88. The fourth-order valence-electron chi connectivity index (χ4n) is 4.38. The van der Waals surface area contributed by atoms with Crippen molar-refractivity contribution in [2.45, 2.75) is 64.1 Å². The molecule has 0 aromatic carbocycles. The third-order valence-corrected chi connectivity index (χ3v) is 5.01. The molecule has 25 heavy (non-hydrogen) atoms. The van der Waals surface area contributed by atoms with Gasteiger partial charge in [0, 0.05) is 42.6 Å². The SMILES string of the molecule is CC1(C)CC(NC(=O)N2CCC=C(c3ccncc3)C2)CC(C)(C)N1. The van der Waals surface area contributed by atoms with E-state index in [1.165, 1.54) is 5.57 Å². The van der Waals surface area contributed by atoms with E-state index in [9.17, 15) is 4.79 Å². The van der Waals surface area contributed by atoms with Crippen LogP contribution in [-0.4, -0.2) is 46.1 Å². The summed E-state index contributed by atoms with van der Waals surface area (Å²) >= 11 is 0. The first-order valence-corrected chi connectivity index (χ1v) is 9.18. The molecule has 1 aromatic rings. The van der Waals surface area contributed by atoms with Crippen LogP contribution in [-0.2, 0) is 0 Å². The average Bonchev–Trinajstić information content (AvgIpc) is 2.53. The van der Waals surface area contributed by atoms with Gasteiger partial charge < -0.3 is 15.5 Å². The molecule has 1 fully saturated rings. The number of carbonyl (C=O) groups is 1. The van der Waals surface area contributed by atoms with E-state index in [-0.39, 0.29) is 23.2 Å². The first-order valence-electron chi connectivity index (χ1n) is 9.18.